The summed E-state index contributed by atoms with van der Waals surface area (Å²) in [5.41, 5.74) is 1.40. The number of alkyl halides is 1. The standard InChI is InChI=1S/C24H17FO5S/c25-14-29-20-4-2-1-3-18(20)24-23(19-11-8-16(26)13-21(19)31-24)30-17-9-5-15(6-10-17)7-12-22(27)28/h1-13,26H,14H2,(H,27,28)/b12-7+. The number of ether oxygens (including phenoxy) is 2. The molecular formula is C24H17FO5S. The number of halogens is 1. The maximum atomic E-state index is 12.9. The number of carboxylic acid groups (broad SMARTS) is 1. The highest BCUT2D eigenvalue weighted by molar-refractivity contribution is 7.22. The van der Waals surface area contributed by atoms with Crippen LogP contribution in [0.2, 0.25) is 0 Å². The summed E-state index contributed by atoms with van der Waals surface area (Å²) in [6, 6.07) is 19.1. The molecule has 0 amide bonds. The summed E-state index contributed by atoms with van der Waals surface area (Å²) in [5.74, 6) is 0.607. The van der Waals surface area contributed by atoms with Crippen molar-refractivity contribution in [1.82, 2.24) is 0 Å². The molecular weight excluding hydrogens is 419 g/mol. The minimum atomic E-state index is -1.02. The third-order valence-corrected chi connectivity index (χ3v) is 5.66. The molecule has 0 saturated carbocycles. The zero-order chi connectivity index (χ0) is 21.8. The van der Waals surface area contributed by atoms with Gasteiger partial charge in [-0.05, 0) is 54.1 Å². The first kappa shape index (κ1) is 20.4. The summed E-state index contributed by atoms with van der Waals surface area (Å²) in [4.78, 5) is 11.4. The van der Waals surface area contributed by atoms with E-state index in [2.05, 4.69) is 0 Å². The molecule has 5 nitrogen and oxygen atoms in total. The molecule has 0 bridgehead atoms. The molecule has 156 valence electrons. The summed E-state index contributed by atoms with van der Waals surface area (Å²) in [6.45, 7) is -0.954. The number of hydrogen-bond acceptors (Lipinski definition) is 5. The van der Waals surface area contributed by atoms with Gasteiger partial charge in [0.25, 0.3) is 0 Å². The lowest BCUT2D eigenvalue weighted by Crippen LogP contribution is -1.93. The van der Waals surface area contributed by atoms with E-state index in [0.29, 0.717) is 22.8 Å². The van der Waals surface area contributed by atoms with Gasteiger partial charge in [-0.25, -0.2) is 9.18 Å². The van der Waals surface area contributed by atoms with Crippen molar-refractivity contribution in [2.24, 2.45) is 0 Å². The van der Waals surface area contributed by atoms with Crippen molar-refractivity contribution in [1.29, 1.82) is 0 Å². The fraction of sp³-hybridized carbons (Fsp3) is 0.0417. The van der Waals surface area contributed by atoms with Crippen LogP contribution in [-0.2, 0) is 4.79 Å². The van der Waals surface area contributed by atoms with Gasteiger partial charge in [0.1, 0.15) is 17.2 Å². The fourth-order valence-electron chi connectivity index (χ4n) is 3.11. The van der Waals surface area contributed by atoms with Crippen LogP contribution < -0.4 is 9.47 Å². The Kier molecular flexibility index (Phi) is 5.86. The topological polar surface area (TPSA) is 76.0 Å². The number of thiophene rings is 1. The van der Waals surface area contributed by atoms with Crippen LogP contribution in [-0.4, -0.2) is 23.0 Å². The zero-order valence-corrected chi connectivity index (χ0v) is 16.9. The van der Waals surface area contributed by atoms with Gasteiger partial charge in [0.05, 0.1) is 4.88 Å². The molecule has 0 fully saturated rings. The van der Waals surface area contributed by atoms with Crippen LogP contribution in [0.25, 0.3) is 26.6 Å². The quantitative estimate of drug-likeness (QED) is 0.325. The number of phenolic OH excluding ortho intramolecular Hbond substituents is 1. The number of phenols is 1. The van der Waals surface area contributed by atoms with Gasteiger partial charge in [-0.15, -0.1) is 11.3 Å². The van der Waals surface area contributed by atoms with Crippen molar-refractivity contribution in [2.45, 2.75) is 0 Å². The summed E-state index contributed by atoms with van der Waals surface area (Å²) in [5, 5.41) is 19.4. The van der Waals surface area contributed by atoms with E-state index in [4.69, 9.17) is 14.6 Å². The molecule has 3 aromatic carbocycles. The smallest absolute Gasteiger partial charge is 0.328 e. The Hall–Kier alpha value is -3.84. The van der Waals surface area contributed by atoms with Crippen molar-refractivity contribution < 1.29 is 28.9 Å². The predicted octanol–water partition coefficient (Wildman–Crippen LogP) is 6.47. The minimum absolute atomic E-state index is 0.134. The van der Waals surface area contributed by atoms with Crippen LogP contribution in [0.3, 0.4) is 0 Å². The van der Waals surface area contributed by atoms with Gasteiger partial charge >= 0.3 is 5.97 Å². The van der Waals surface area contributed by atoms with Gasteiger partial charge < -0.3 is 19.7 Å². The summed E-state index contributed by atoms with van der Waals surface area (Å²) in [6.07, 6.45) is 2.56. The normalized spacial score (nSPS) is 11.1. The molecule has 0 radical (unpaired) electrons. The Balaban J connectivity index is 1.78. The highest BCUT2D eigenvalue weighted by Crippen LogP contribution is 2.49. The number of aliphatic carboxylic acids is 1. The van der Waals surface area contributed by atoms with Crippen LogP contribution in [0.5, 0.6) is 23.0 Å². The van der Waals surface area contributed by atoms with E-state index in [0.717, 1.165) is 26.6 Å². The third kappa shape index (κ3) is 4.51. The second-order valence-electron chi connectivity index (χ2n) is 6.53. The average molecular weight is 436 g/mol. The van der Waals surface area contributed by atoms with E-state index in [1.807, 2.05) is 12.1 Å². The van der Waals surface area contributed by atoms with Gasteiger partial charge in [-0.1, -0.05) is 24.3 Å². The number of carboxylic acids is 1. The molecule has 0 spiro atoms. The van der Waals surface area contributed by atoms with Crippen molar-refractivity contribution in [3.05, 3.63) is 78.4 Å². The third-order valence-electron chi connectivity index (χ3n) is 4.49. The van der Waals surface area contributed by atoms with Crippen LogP contribution in [0.1, 0.15) is 5.56 Å². The number of fused-ring (bicyclic) bond motifs is 1. The second-order valence-corrected chi connectivity index (χ2v) is 7.59. The second kappa shape index (κ2) is 8.89. The van der Waals surface area contributed by atoms with Crippen molar-refractivity contribution in [3.63, 3.8) is 0 Å². The van der Waals surface area contributed by atoms with Gasteiger partial charge in [0.2, 0.25) is 6.86 Å². The van der Waals surface area contributed by atoms with E-state index < -0.39 is 12.8 Å². The molecule has 1 heterocycles. The molecule has 0 unspecified atom stereocenters. The molecule has 2 N–H and O–H groups in total. The summed E-state index contributed by atoms with van der Waals surface area (Å²) in [7, 11) is 0. The van der Waals surface area contributed by atoms with E-state index in [1.165, 1.54) is 17.4 Å². The largest absolute Gasteiger partial charge is 0.508 e. The SMILES string of the molecule is O=C(O)/C=C/c1ccc(Oc2c(-c3ccccc3OCF)sc3cc(O)ccc23)cc1. The minimum Gasteiger partial charge on any atom is -0.508 e. The molecule has 0 atom stereocenters. The fourth-order valence-corrected chi connectivity index (χ4v) is 4.30. The van der Waals surface area contributed by atoms with Crippen LogP contribution in [0, 0.1) is 0 Å². The van der Waals surface area contributed by atoms with Gasteiger partial charge in [-0.3, -0.25) is 0 Å². The van der Waals surface area contributed by atoms with Crippen LogP contribution in [0.15, 0.2) is 72.8 Å². The molecule has 31 heavy (non-hydrogen) atoms. The average Bonchev–Trinajstić information content (AvgIpc) is 3.11. The zero-order valence-electron chi connectivity index (χ0n) is 16.1. The number of para-hydroxylation sites is 1. The monoisotopic (exact) mass is 436 g/mol. The Morgan fingerprint density at radius 3 is 2.58 bits per heavy atom. The number of hydrogen-bond donors (Lipinski definition) is 2. The van der Waals surface area contributed by atoms with Crippen molar-refractivity contribution in [2.75, 3.05) is 6.86 Å². The van der Waals surface area contributed by atoms with E-state index in [1.54, 1.807) is 54.6 Å². The molecule has 4 aromatic rings. The molecule has 1 aromatic heterocycles. The van der Waals surface area contributed by atoms with E-state index >= 15 is 0 Å². The summed E-state index contributed by atoms with van der Waals surface area (Å²) >= 11 is 1.40. The molecule has 7 heteroatoms. The number of benzene rings is 3. The predicted molar refractivity (Wildman–Crippen MR) is 119 cm³/mol. The molecule has 0 saturated heterocycles. The van der Waals surface area contributed by atoms with Crippen LogP contribution in [0.4, 0.5) is 4.39 Å². The lowest BCUT2D eigenvalue weighted by Gasteiger charge is -2.11. The Morgan fingerprint density at radius 1 is 1.06 bits per heavy atom. The number of carbonyl (C=O) groups is 1. The first-order valence-electron chi connectivity index (χ1n) is 9.28. The lowest BCUT2D eigenvalue weighted by molar-refractivity contribution is -0.131. The molecule has 4 rings (SSSR count). The molecule has 0 aliphatic heterocycles. The Bertz CT molecular complexity index is 1260. The maximum Gasteiger partial charge on any atom is 0.328 e. The van der Waals surface area contributed by atoms with Crippen LogP contribution >= 0.6 is 11.3 Å². The van der Waals surface area contributed by atoms with Crippen molar-refractivity contribution >= 4 is 33.5 Å². The highest BCUT2D eigenvalue weighted by Gasteiger charge is 2.19. The van der Waals surface area contributed by atoms with Crippen molar-refractivity contribution in [3.8, 4) is 33.4 Å². The van der Waals surface area contributed by atoms with Gasteiger partial charge in [0.15, 0.2) is 5.75 Å². The Labute approximate surface area is 181 Å². The lowest BCUT2D eigenvalue weighted by atomic mass is 10.1. The summed E-state index contributed by atoms with van der Waals surface area (Å²) < 4.78 is 25.1. The van der Waals surface area contributed by atoms with Gasteiger partial charge in [0, 0.05) is 21.7 Å². The number of aromatic hydroxyl groups is 1. The Morgan fingerprint density at radius 2 is 1.84 bits per heavy atom. The molecule has 0 aliphatic rings. The first-order chi connectivity index (χ1) is 15.0. The number of rotatable bonds is 7. The maximum absolute atomic E-state index is 12.9. The highest BCUT2D eigenvalue weighted by atomic mass is 32.1. The molecule has 0 aliphatic carbocycles. The first-order valence-corrected chi connectivity index (χ1v) is 10.1. The van der Waals surface area contributed by atoms with E-state index in [9.17, 15) is 14.3 Å². The van der Waals surface area contributed by atoms with Gasteiger partial charge in [-0.2, -0.15) is 0 Å². The van der Waals surface area contributed by atoms with E-state index in [-0.39, 0.29) is 5.75 Å².